The van der Waals surface area contributed by atoms with Crippen LogP contribution in [0.25, 0.3) is 0 Å². The second kappa shape index (κ2) is 26.6. The van der Waals surface area contributed by atoms with Gasteiger partial charge in [-0.05, 0) is 61.3 Å². The number of hydrogen-bond acceptors (Lipinski definition) is 3. The monoisotopic (exact) mass is 626 g/mol. The molecular weight excluding hydrogens is 559 g/mol. The van der Waals surface area contributed by atoms with Gasteiger partial charge in [-0.3, -0.25) is 4.52 Å². The van der Waals surface area contributed by atoms with Gasteiger partial charge in [-0.15, -0.1) is 0 Å². The maximum Gasteiger partial charge on any atom is 0.463 e. The van der Waals surface area contributed by atoms with Crippen LogP contribution in [0.2, 0.25) is 0 Å². The molecule has 0 spiro atoms. The topological polar surface area (TPSA) is 27.7 Å². The maximum atomic E-state index is 6.59. The van der Waals surface area contributed by atoms with Gasteiger partial charge in [0.2, 0.25) is 0 Å². The molecule has 250 valence electrons. The minimum absolute atomic E-state index is 0.676. The fraction of sp³-hybridized carbons (Fsp3) is 0.700. The Labute approximate surface area is 274 Å². The average Bonchev–Trinajstić information content (AvgIpc) is 3.02. The summed E-state index contributed by atoms with van der Waals surface area (Å²) in [6.45, 7) is 9.87. The van der Waals surface area contributed by atoms with Gasteiger partial charge >= 0.3 is 8.60 Å². The summed E-state index contributed by atoms with van der Waals surface area (Å²) in [5.41, 5.74) is 2.53. The summed E-state index contributed by atoms with van der Waals surface area (Å²) in [5.74, 6) is 2.64. The Morgan fingerprint density at radius 2 is 0.909 bits per heavy atom. The van der Waals surface area contributed by atoms with Gasteiger partial charge in [0.05, 0.1) is 6.61 Å². The highest BCUT2D eigenvalue weighted by Gasteiger charge is 2.20. The lowest BCUT2D eigenvalue weighted by Crippen LogP contribution is -2.04. The molecule has 44 heavy (non-hydrogen) atoms. The van der Waals surface area contributed by atoms with E-state index in [1.165, 1.54) is 133 Å². The van der Waals surface area contributed by atoms with Gasteiger partial charge in [0.25, 0.3) is 0 Å². The predicted molar refractivity (Wildman–Crippen MR) is 193 cm³/mol. The Bertz CT molecular complexity index is 867. The van der Waals surface area contributed by atoms with Crippen LogP contribution in [0.5, 0.6) is 11.5 Å². The fourth-order valence-electron chi connectivity index (χ4n) is 5.70. The van der Waals surface area contributed by atoms with Gasteiger partial charge in [0.1, 0.15) is 11.5 Å². The van der Waals surface area contributed by atoms with Crippen LogP contribution in [-0.4, -0.2) is 6.61 Å². The van der Waals surface area contributed by atoms with E-state index in [1.54, 1.807) is 0 Å². The molecule has 4 heteroatoms. The molecule has 0 fully saturated rings. The van der Waals surface area contributed by atoms with Crippen LogP contribution in [0.1, 0.15) is 167 Å². The van der Waals surface area contributed by atoms with Crippen molar-refractivity contribution in [2.24, 2.45) is 5.92 Å². The van der Waals surface area contributed by atoms with Gasteiger partial charge in [0, 0.05) is 0 Å². The second-order valence-corrected chi connectivity index (χ2v) is 14.2. The van der Waals surface area contributed by atoms with E-state index < -0.39 is 8.60 Å². The molecule has 0 N–H and O–H groups in total. The molecule has 2 aromatic carbocycles. The van der Waals surface area contributed by atoms with Crippen molar-refractivity contribution in [1.29, 1.82) is 0 Å². The zero-order valence-corrected chi connectivity index (χ0v) is 30.0. The van der Waals surface area contributed by atoms with E-state index in [-0.39, 0.29) is 0 Å². The molecule has 0 heterocycles. The van der Waals surface area contributed by atoms with Gasteiger partial charge in [-0.25, -0.2) is 0 Å². The minimum Gasteiger partial charge on any atom is -0.417 e. The van der Waals surface area contributed by atoms with E-state index in [4.69, 9.17) is 13.6 Å². The maximum absolute atomic E-state index is 6.59. The van der Waals surface area contributed by atoms with Crippen molar-refractivity contribution in [3.63, 3.8) is 0 Å². The van der Waals surface area contributed by atoms with E-state index in [0.29, 0.717) is 6.61 Å². The first-order valence-corrected chi connectivity index (χ1v) is 19.7. The highest BCUT2D eigenvalue weighted by molar-refractivity contribution is 7.42. The van der Waals surface area contributed by atoms with Crippen LogP contribution in [-0.2, 0) is 17.4 Å². The lowest BCUT2D eigenvalue weighted by molar-refractivity contribution is 0.257. The Morgan fingerprint density at radius 1 is 0.500 bits per heavy atom. The standard InChI is InChI=1S/C40H67O3P/c1-5-7-9-11-13-17-21-29-37-31-23-25-33-39(37)42-44(41-35-27-19-15-16-20-28-36(3)4)43-40-34-26-24-32-38(40)30-22-18-14-12-10-8-6-2/h23-26,31-34,36H,5-22,27-30,35H2,1-4H3. The summed E-state index contributed by atoms with van der Waals surface area (Å²) in [6, 6.07) is 17.0. The van der Waals surface area contributed by atoms with Crippen molar-refractivity contribution in [3.05, 3.63) is 59.7 Å². The smallest absolute Gasteiger partial charge is 0.417 e. The second-order valence-electron chi connectivity index (χ2n) is 13.1. The molecule has 0 atom stereocenters. The quantitative estimate of drug-likeness (QED) is 0.0664. The zero-order chi connectivity index (χ0) is 31.5. The summed E-state index contributed by atoms with van der Waals surface area (Å²) in [5, 5.41) is 0. The van der Waals surface area contributed by atoms with Gasteiger partial charge in [0.15, 0.2) is 0 Å². The summed E-state index contributed by atoms with van der Waals surface area (Å²) in [4.78, 5) is 0. The molecule has 2 rings (SSSR count). The molecular formula is C40H67O3P. The number of para-hydroxylation sites is 2. The van der Waals surface area contributed by atoms with E-state index in [2.05, 4.69) is 76.2 Å². The molecule has 0 radical (unpaired) electrons. The fourth-order valence-corrected chi connectivity index (χ4v) is 6.80. The largest absolute Gasteiger partial charge is 0.463 e. The van der Waals surface area contributed by atoms with Crippen LogP contribution in [0.4, 0.5) is 0 Å². The van der Waals surface area contributed by atoms with Crippen LogP contribution in [0.3, 0.4) is 0 Å². The SMILES string of the molecule is CCCCCCCCCc1ccccc1OP(OCCCCCCCC(C)C)Oc1ccccc1CCCCCCCCC. The van der Waals surface area contributed by atoms with E-state index in [1.807, 2.05) is 0 Å². The molecule has 0 saturated heterocycles. The molecule has 0 bridgehead atoms. The third-order valence-corrected chi connectivity index (χ3v) is 9.60. The van der Waals surface area contributed by atoms with Crippen LogP contribution in [0.15, 0.2) is 48.5 Å². The summed E-state index contributed by atoms with van der Waals surface area (Å²) in [6.07, 6.45) is 28.0. The van der Waals surface area contributed by atoms with Crippen molar-refractivity contribution in [3.8, 4) is 11.5 Å². The molecule has 0 aromatic heterocycles. The zero-order valence-electron chi connectivity index (χ0n) is 29.1. The molecule has 2 aromatic rings. The van der Waals surface area contributed by atoms with Crippen molar-refractivity contribution in [1.82, 2.24) is 0 Å². The number of rotatable bonds is 29. The summed E-state index contributed by atoms with van der Waals surface area (Å²) >= 11 is 0. The molecule has 0 unspecified atom stereocenters. The first-order chi connectivity index (χ1) is 21.6. The molecule has 0 aliphatic heterocycles. The van der Waals surface area contributed by atoms with Crippen molar-refractivity contribution >= 4 is 8.60 Å². The van der Waals surface area contributed by atoms with Crippen molar-refractivity contribution < 1.29 is 13.6 Å². The number of unbranched alkanes of at least 4 members (excludes halogenated alkanes) is 16. The molecule has 0 aliphatic carbocycles. The Balaban J connectivity index is 1.96. The Kier molecular flexibility index (Phi) is 23.4. The van der Waals surface area contributed by atoms with Crippen LogP contribution >= 0.6 is 8.60 Å². The minimum atomic E-state index is -1.54. The first-order valence-electron chi connectivity index (χ1n) is 18.6. The summed E-state index contributed by atoms with van der Waals surface area (Å²) < 4.78 is 19.6. The van der Waals surface area contributed by atoms with Gasteiger partial charge in [-0.2, -0.15) is 0 Å². The van der Waals surface area contributed by atoms with Gasteiger partial charge < -0.3 is 9.05 Å². The number of hydrogen-bond donors (Lipinski definition) is 0. The highest BCUT2D eigenvalue weighted by Crippen LogP contribution is 2.44. The molecule has 3 nitrogen and oxygen atoms in total. The number of aryl methyl sites for hydroxylation is 2. The van der Waals surface area contributed by atoms with E-state index in [9.17, 15) is 0 Å². The van der Waals surface area contributed by atoms with Gasteiger partial charge in [-0.1, -0.05) is 173 Å². The first kappa shape index (κ1) is 38.6. The lowest BCUT2D eigenvalue weighted by atomic mass is 10.0. The van der Waals surface area contributed by atoms with E-state index in [0.717, 1.165) is 36.7 Å². The highest BCUT2D eigenvalue weighted by atomic mass is 31.2. The van der Waals surface area contributed by atoms with E-state index >= 15 is 0 Å². The predicted octanol–water partition coefficient (Wildman–Crippen LogP) is 14.0. The third kappa shape index (κ3) is 19.1. The summed E-state index contributed by atoms with van der Waals surface area (Å²) in [7, 11) is -1.54. The Morgan fingerprint density at radius 3 is 1.39 bits per heavy atom. The van der Waals surface area contributed by atoms with Crippen molar-refractivity contribution in [2.75, 3.05) is 6.61 Å². The molecule has 0 saturated carbocycles. The third-order valence-electron chi connectivity index (χ3n) is 8.51. The van der Waals surface area contributed by atoms with Crippen LogP contribution in [0, 0.1) is 5.92 Å². The van der Waals surface area contributed by atoms with Crippen LogP contribution < -0.4 is 9.05 Å². The Hall–Kier alpha value is -1.57. The number of benzene rings is 2. The normalized spacial score (nSPS) is 11.5. The van der Waals surface area contributed by atoms with Crippen molar-refractivity contribution in [2.45, 2.75) is 169 Å². The lowest BCUT2D eigenvalue weighted by Gasteiger charge is -2.21. The molecule has 0 amide bonds. The average molecular weight is 627 g/mol. The molecule has 0 aliphatic rings.